The van der Waals surface area contributed by atoms with Crippen LogP contribution < -0.4 is 10.6 Å². The highest BCUT2D eigenvalue weighted by atomic mass is 32.1. The molecule has 4 rings (SSSR count). The van der Waals surface area contributed by atoms with Crippen molar-refractivity contribution in [3.05, 3.63) is 75.8 Å². The average molecular weight is 407 g/mol. The zero-order valence-electron chi connectivity index (χ0n) is 16.1. The van der Waals surface area contributed by atoms with Crippen LogP contribution in [0.2, 0.25) is 0 Å². The highest BCUT2D eigenvalue weighted by Crippen LogP contribution is 2.12. The van der Waals surface area contributed by atoms with Crippen LogP contribution in [0.5, 0.6) is 0 Å². The summed E-state index contributed by atoms with van der Waals surface area (Å²) in [6.45, 7) is 3.81. The number of thiazole rings is 1. The lowest BCUT2D eigenvalue weighted by molar-refractivity contribution is 0.0946. The van der Waals surface area contributed by atoms with E-state index >= 15 is 0 Å². The van der Waals surface area contributed by atoms with Gasteiger partial charge in [-0.25, -0.2) is 9.97 Å². The maximum Gasteiger partial charge on any atom is 0.271 e. The zero-order chi connectivity index (χ0) is 20.1. The van der Waals surface area contributed by atoms with Crippen molar-refractivity contribution < 1.29 is 4.79 Å². The summed E-state index contributed by atoms with van der Waals surface area (Å²) in [5, 5.41) is 8.98. The van der Waals surface area contributed by atoms with Gasteiger partial charge in [0, 0.05) is 24.5 Å². The number of aryl methyl sites for hydroxylation is 1. The number of carbonyl (C=O) groups is 1. The molecule has 0 atom stereocenters. The van der Waals surface area contributed by atoms with E-state index in [-0.39, 0.29) is 5.91 Å². The molecule has 0 aliphatic heterocycles. The number of amides is 1. The van der Waals surface area contributed by atoms with Crippen LogP contribution in [-0.4, -0.2) is 32.4 Å². The molecule has 29 heavy (non-hydrogen) atoms. The van der Waals surface area contributed by atoms with Gasteiger partial charge in [-0.3, -0.25) is 9.78 Å². The Morgan fingerprint density at radius 1 is 1.14 bits per heavy atom. The van der Waals surface area contributed by atoms with Crippen molar-refractivity contribution in [2.45, 2.75) is 26.4 Å². The number of fused-ring (bicyclic) bond motifs is 1. The molecule has 8 heteroatoms. The fourth-order valence-corrected chi connectivity index (χ4v) is 3.76. The molecule has 0 aliphatic rings. The molecule has 148 valence electrons. The van der Waals surface area contributed by atoms with Gasteiger partial charge in [0.1, 0.15) is 11.5 Å². The SMILES string of the molecule is Cc1cccnc1CNC(=O)c1csc(CCNCc2nc3ccccc3[nH]2)n1. The number of nitrogens with one attached hydrogen (secondary N) is 3. The van der Waals surface area contributed by atoms with Crippen LogP contribution in [0.4, 0.5) is 0 Å². The van der Waals surface area contributed by atoms with Crippen LogP contribution in [0, 0.1) is 6.92 Å². The summed E-state index contributed by atoms with van der Waals surface area (Å²) >= 11 is 1.50. The zero-order valence-corrected chi connectivity index (χ0v) is 16.9. The van der Waals surface area contributed by atoms with Crippen molar-refractivity contribution in [3.8, 4) is 0 Å². The van der Waals surface area contributed by atoms with Gasteiger partial charge in [-0.1, -0.05) is 18.2 Å². The van der Waals surface area contributed by atoms with E-state index in [1.54, 1.807) is 11.6 Å². The molecule has 3 aromatic heterocycles. The third-order valence-corrected chi connectivity index (χ3v) is 5.47. The lowest BCUT2D eigenvalue weighted by Crippen LogP contribution is -2.24. The Hall–Kier alpha value is -3.10. The van der Waals surface area contributed by atoms with Crippen LogP contribution >= 0.6 is 11.3 Å². The van der Waals surface area contributed by atoms with Crippen LogP contribution in [0.15, 0.2) is 48.0 Å². The van der Waals surface area contributed by atoms with Crippen molar-refractivity contribution >= 4 is 28.3 Å². The molecule has 0 fully saturated rings. The number of para-hydroxylation sites is 2. The van der Waals surface area contributed by atoms with Crippen LogP contribution in [0.1, 0.15) is 32.6 Å². The minimum absolute atomic E-state index is 0.173. The Bertz CT molecular complexity index is 1090. The summed E-state index contributed by atoms with van der Waals surface area (Å²) in [6, 6.07) is 11.8. The van der Waals surface area contributed by atoms with Gasteiger partial charge in [-0.15, -0.1) is 11.3 Å². The number of nitrogens with zero attached hydrogens (tertiary/aromatic N) is 3. The van der Waals surface area contributed by atoms with E-state index in [0.29, 0.717) is 18.8 Å². The average Bonchev–Trinajstić information content (AvgIpc) is 3.37. The van der Waals surface area contributed by atoms with Gasteiger partial charge >= 0.3 is 0 Å². The molecule has 0 saturated heterocycles. The summed E-state index contributed by atoms with van der Waals surface area (Å²) in [4.78, 5) is 28.9. The second-order valence-corrected chi connectivity index (χ2v) is 7.65. The Balaban J connectivity index is 1.23. The summed E-state index contributed by atoms with van der Waals surface area (Å²) in [7, 11) is 0. The van der Waals surface area contributed by atoms with Gasteiger partial charge in [-0.05, 0) is 30.7 Å². The van der Waals surface area contributed by atoms with E-state index in [2.05, 4.69) is 30.6 Å². The molecule has 3 N–H and O–H groups in total. The van der Waals surface area contributed by atoms with Gasteiger partial charge in [0.2, 0.25) is 0 Å². The predicted molar refractivity (Wildman–Crippen MR) is 114 cm³/mol. The number of benzene rings is 1. The number of hydrogen-bond acceptors (Lipinski definition) is 6. The lowest BCUT2D eigenvalue weighted by Gasteiger charge is -2.05. The number of H-pyrrole nitrogens is 1. The van der Waals surface area contributed by atoms with E-state index in [0.717, 1.165) is 46.1 Å². The number of aromatic nitrogens is 4. The molecular weight excluding hydrogens is 384 g/mol. The highest BCUT2D eigenvalue weighted by molar-refractivity contribution is 7.09. The monoisotopic (exact) mass is 406 g/mol. The van der Waals surface area contributed by atoms with Crippen molar-refractivity contribution in [1.29, 1.82) is 0 Å². The third-order valence-electron chi connectivity index (χ3n) is 4.57. The minimum atomic E-state index is -0.173. The first-order chi connectivity index (χ1) is 14.2. The predicted octanol–water partition coefficient (Wildman–Crippen LogP) is 2.99. The molecular formula is C21H22N6OS. The first-order valence-electron chi connectivity index (χ1n) is 9.46. The number of imidazole rings is 1. The number of hydrogen-bond donors (Lipinski definition) is 3. The molecule has 7 nitrogen and oxygen atoms in total. The van der Waals surface area contributed by atoms with Crippen LogP contribution in [0.25, 0.3) is 11.0 Å². The second-order valence-electron chi connectivity index (χ2n) is 6.70. The molecule has 0 spiro atoms. The summed E-state index contributed by atoms with van der Waals surface area (Å²) in [5.41, 5.74) is 4.39. The number of pyridine rings is 1. The van der Waals surface area contributed by atoms with Gasteiger partial charge in [-0.2, -0.15) is 0 Å². The Kier molecular flexibility index (Phi) is 5.92. The first kappa shape index (κ1) is 19.2. The molecule has 0 unspecified atom stereocenters. The molecule has 0 aliphatic carbocycles. The molecule has 0 radical (unpaired) electrons. The highest BCUT2D eigenvalue weighted by Gasteiger charge is 2.11. The Morgan fingerprint density at radius 2 is 2.03 bits per heavy atom. The topological polar surface area (TPSA) is 95.6 Å². The van der Waals surface area contributed by atoms with E-state index in [4.69, 9.17) is 0 Å². The Morgan fingerprint density at radius 3 is 2.90 bits per heavy atom. The summed E-state index contributed by atoms with van der Waals surface area (Å²) in [5.74, 6) is 0.739. The van der Waals surface area contributed by atoms with Gasteiger partial charge in [0.15, 0.2) is 0 Å². The van der Waals surface area contributed by atoms with Gasteiger partial charge in [0.05, 0.1) is 34.8 Å². The maximum atomic E-state index is 12.3. The molecule has 1 amide bonds. The fourth-order valence-electron chi connectivity index (χ4n) is 2.98. The van der Waals surface area contributed by atoms with Gasteiger partial charge in [0.25, 0.3) is 5.91 Å². The van der Waals surface area contributed by atoms with E-state index in [9.17, 15) is 4.79 Å². The van der Waals surface area contributed by atoms with Crippen LogP contribution in [0.3, 0.4) is 0 Å². The molecule has 3 heterocycles. The number of rotatable bonds is 8. The standard InChI is InChI=1S/C21H22N6OS/c1-14-5-4-9-23-17(14)11-24-21(28)18-13-29-20(27-18)8-10-22-12-19-25-15-6-2-3-7-16(15)26-19/h2-7,9,13,22H,8,10-12H2,1H3,(H,24,28)(H,25,26). The van der Waals surface area contributed by atoms with E-state index in [1.165, 1.54) is 11.3 Å². The molecule has 0 bridgehead atoms. The molecule has 1 aromatic carbocycles. The van der Waals surface area contributed by atoms with Crippen LogP contribution in [-0.2, 0) is 19.5 Å². The van der Waals surface area contributed by atoms with Gasteiger partial charge < -0.3 is 15.6 Å². The maximum absolute atomic E-state index is 12.3. The fraction of sp³-hybridized carbons (Fsp3) is 0.238. The lowest BCUT2D eigenvalue weighted by atomic mass is 10.2. The van der Waals surface area contributed by atoms with E-state index in [1.807, 2.05) is 43.3 Å². The van der Waals surface area contributed by atoms with Crippen molar-refractivity contribution in [2.75, 3.05) is 6.54 Å². The smallest absolute Gasteiger partial charge is 0.271 e. The van der Waals surface area contributed by atoms with E-state index < -0.39 is 0 Å². The van der Waals surface area contributed by atoms with Crippen molar-refractivity contribution in [1.82, 2.24) is 30.6 Å². The first-order valence-corrected chi connectivity index (χ1v) is 10.3. The normalized spacial score (nSPS) is 11.1. The quantitative estimate of drug-likeness (QED) is 0.391. The largest absolute Gasteiger partial charge is 0.345 e. The second kappa shape index (κ2) is 8.93. The third kappa shape index (κ3) is 4.85. The van der Waals surface area contributed by atoms with Crippen molar-refractivity contribution in [2.24, 2.45) is 0 Å². The molecule has 0 saturated carbocycles. The summed E-state index contributed by atoms with van der Waals surface area (Å²) < 4.78 is 0. The van der Waals surface area contributed by atoms with Crippen molar-refractivity contribution in [3.63, 3.8) is 0 Å². The number of carbonyl (C=O) groups excluding carboxylic acids is 1. The summed E-state index contributed by atoms with van der Waals surface area (Å²) in [6.07, 6.45) is 2.49. The number of aromatic amines is 1. The minimum Gasteiger partial charge on any atom is -0.345 e. The Labute approximate surface area is 172 Å². The molecule has 4 aromatic rings.